The van der Waals surface area contributed by atoms with Crippen LogP contribution in [0.2, 0.25) is 0 Å². The van der Waals surface area contributed by atoms with Crippen molar-refractivity contribution in [2.75, 3.05) is 17.5 Å². The Hall–Kier alpha value is -1.07. The first-order valence-electron chi connectivity index (χ1n) is 4.09. The Morgan fingerprint density at radius 3 is 2.27 bits per heavy atom. The minimum Gasteiger partial charge on any atom is -0.325 e. The number of hydrogen-bond donors (Lipinski definition) is 1. The van der Waals surface area contributed by atoms with Gasteiger partial charge in [-0.25, -0.2) is 8.42 Å². The molecule has 0 unspecified atom stereocenters. The van der Waals surface area contributed by atoms with Gasteiger partial charge in [0.05, 0.1) is 4.90 Å². The third-order valence-electron chi connectivity index (χ3n) is 1.69. The van der Waals surface area contributed by atoms with E-state index >= 15 is 0 Å². The van der Waals surface area contributed by atoms with Crippen molar-refractivity contribution in [3.63, 3.8) is 0 Å². The molecule has 1 rings (SSSR count). The molecule has 1 aromatic carbocycles. The average Bonchev–Trinajstić information content (AvgIpc) is 2.17. The molecule has 15 heavy (non-hydrogen) atoms. The van der Waals surface area contributed by atoms with Crippen molar-refractivity contribution >= 4 is 33.0 Å². The van der Waals surface area contributed by atoms with Crippen LogP contribution in [-0.2, 0) is 14.6 Å². The van der Waals surface area contributed by atoms with Crippen molar-refractivity contribution in [2.24, 2.45) is 0 Å². The predicted octanol–water partition coefficient (Wildman–Crippen LogP) is 1.27. The summed E-state index contributed by atoms with van der Waals surface area (Å²) in [5.41, 5.74) is 0.521. The second-order valence-corrected chi connectivity index (χ2v) is 5.26. The van der Waals surface area contributed by atoms with Crippen LogP contribution in [0.25, 0.3) is 0 Å². The zero-order chi connectivity index (χ0) is 11.5. The van der Waals surface area contributed by atoms with E-state index in [0.717, 1.165) is 6.26 Å². The highest BCUT2D eigenvalue weighted by atomic mass is 35.5. The van der Waals surface area contributed by atoms with E-state index in [4.69, 9.17) is 11.6 Å². The summed E-state index contributed by atoms with van der Waals surface area (Å²) < 4.78 is 22.2. The van der Waals surface area contributed by atoms with Crippen LogP contribution in [-0.4, -0.2) is 26.5 Å². The van der Waals surface area contributed by atoms with E-state index in [9.17, 15) is 13.2 Å². The Kier molecular flexibility index (Phi) is 3.71. The molecule has 0 fully saturated rings. The lowest BCUT2D eigenvalue weighted by Gasteiger charge is -2.03. The lowest BCUT2D eigenvalue weighted by atomic mass is 10.3. The molecule has 6 heteroatoms. The van der Waals surface area contributed by atoms with Gasteiger partial charge in [0.15, 0.2) is 9.84 Å². The molecule has 0 aliphatic carbocycles. The van der Waals surface area contributed by atoms with Crippen LogP contribution in [0.5, 0.6) is 0 Å². The Labute approximate surface area is 93.2 Å². The molecule has 1 amide bonds. The quantitative estimate of drug-likeness (QED) is 0.818. The summed E-state index contributed by atoms with van der Waals surface area (Å²) in [5, 5.41) is 2.50. The van der Waals surface area contributed by atoms with Crippen molar-refractivity contribution in [2.45, 2.75) is 4.90 Å². The molecule has 0 aliphatic rings. The summed E-state index contributed by atoms with van der Waals surface area (Å²) in [4.78, 5) is 11.1. The monoisotopic (exact) mass is 247 g/mol. The fraction of sp³-hybridized carbons (Fsp3) is 0.222. The number of hydrogen-bond acceptors (Lipinski definition) is 3. The maximum absolute atomic E-state index is 11.1. The van der Waals surface area contributed by atoms with Gasteiger partial charge in [-0.1, -0.05) is 0 Å². The van der Waals surface area contributed by atoms with Gasteiger partial charge in [-0.3, -0.25) is 4.79 Å². The Bertz CT molecular complexity index is 453. The van der Waals surface area contributed by atoms with Crippen LogP contribution < -0.4 is 5.32 Å². The topological polar surface area (TPSA) is 63.2 Å². The SMILES string of the molecule is CS(=O)(=O)c1ccc(NC(=O)CCl)cc1. The molecule has 0 atom stereocenters. The van der Waals surface area contributed by atoms with E-state index in [-0.39, 0.29) is 16.7 Å². The molecule has 4 nitrogen and oxygen atoms in total. The number of amides is 1. The highest BCUT2D eigenvalue weighted by Gasteiger charge is 2.06. The van der Waals surface area contributed by atoms with E-state index in [0.29, 0.717) is 5.69 Å². The highest BCUT2D eigenvalue weighted by Crippen LogP contribution is 2.13. The van der Waals surface area contributed by atoms with Crippen molar-refractivity contribution in [1.82, 2.24) is 0 Å². The lowest BCUT2D eigenvalue weighted by Crippen LogP contribution is -2.12. The molecular formula is C9H10ClNO3S. The molecule has 0 bridgehead atoms. The van der Waals surface area contributed by atoms with Gasteiger partial charge in [-0.05, 0) is 24.3 Å². The molecule has 1 aromatic rings. The maximum atomic E-state index is 11.1. The summed E-state index contributed by atoms with van der Waals surface area (Å²) in [5.74, 6) is -0.461. The van der Waals surface area contributed by atoms with Gasteiger partial charge in [-0.2, -0.15) is 0 Å². The second-order valence-electron chi connectivity index (χ2n) is 2.98. The van der Waals surface area contributed by atoms with Gasteiger partial charge in [0.1, 0.15) is 5.88 Å². The van der Waals surface area contributed by atoms with Crippen LogP contribution in [0.4, 0.5) is 5.69 Å². The third-order valence-corrected chi connectivity index (χ3v) is 3.06. The van der Waals surface area contributed by atoms with Crippen molar-refractivity contribution < 1.29 is 13.2 Å². The standard InChI is InChI=1S/C9H10ClNO3S/c1-15(13,14)8-4-2-7(3-5-8)11-9(12)6-10/h2-5H,6H2,1H3,(H,11,12). The third kappa shape index (κ3) is 3.53. The smallest absolute Gasteiger partial charge is 0.239 e. The van der Waals surface area contributed by atoms with Crippen molar-refractivity contribution in [3.8, 4) is 0 Å². The largest absolute Gasteiger partial charge is 0.325 e. The fourth-order valence-corrected chi connectivity index (χ4v) is 1.68. The number of halogens is 1. The van der Waals surface area contributed by atoms with Crippen LogP contribution in [0.15, 0.2) is 29.2 Å². The molecule has 0 radical (unpaired) electrons. The summed E-state index contributed by atoms with van der Waals surface area (Å²) in [6.07, 6.45) is 1.12. The Balaban J connectivity index is 2.86. The fourth-order valence-electron chi connectivity index (χ4n) is 0.980. The zero-order valence-corrected chi connectivity index (χ0v) is 9.60. The van der Waals surface area contributed by atoms with Crippen LogP contribution in [0.1, 0.15) is 0 Å². The van der Waals surface area contributed by atoms with Crippen molar-refractivity contribution in [3.05, 3.63) is 24.3 Å². The van der Waals surface area contributed by atoms with Gasteiger partial charge in [-0.15, -0.1) is 11.6 Å². The van der Waals surface area contributed by atoms with E-state index in [1.165, 1.54) is 24.3 Å². The number of alkyl halides is 1. The summed E-state index contributed by atoms with van der Waals surface area (Å²) >= 11 is 5.30. The summed E-state index contributed by atoms with van der Waals surface area (Å²) in [6, 6.07) is 5.89. The molecule has 0 aromatic heterocycles. The lowest BCUT2D eigenvalue weighted by molar-refractivity contribution is -0.113. The van der Waals surface area contributed by atoms with Crippen molar-refractivity contribution in [1.29, 1.82) is 0 Å². The molecule has 1 N–H and O–H groups in total. The number of carbonyl (C=O) groups excluding carboxylic acids is 1. The first-order valence-corrected chi connectivity index (χ1v) is 6.52. The van der Waals surface area contributed by atoms with E-state index in [2.05, 4.69) is 5.32 Å². The molecule has 0 saturated carbocycles. The number of carbonyl (C=O) groups is 1. The number of rotatable bonds is 3. The molecule has 0 saturated heterocycles. The summed E-state index contributed by atoms with van der Waals surface area (Å²) in [6.45, 7) is 0. The highest BCUT2D eigenvalue weighted by molar-refractivity contribution is 7.90. The maximum Gasteiger partial charge on any atom is 0.239 e. The van der Waals surface area contributed by atoms with E-state index in [1.807, 2.05) is 0 Å². The van der Waals surface area contributed by atoms with Gasteiger partial charge >= 0.3 is 0 Å². The first kappa shape index (κ1) is 12.0. The Morgan fingerprint density at radius 2 is 1.87 bits per heavy atom. The second kappa shape index (κ2) is 4.63. The van der Waals surface area contributed by atoms with Gasteiger partial charge in [0.25, 0.3) is 0 Å². The minimum absolute atomic E-state index is 0.131. The first-order chi connectivity index (χ1) is 6.93. The van der Waals surface area contributed by atoms with E-state index < -0.39 is 9.84 Å². The number of benzene rings is 1. The molecule has 0 aliphatic heterocycles. The minimum atomic E-state index is -3.19. The van der Waals surface area contributed by atoms with Crippen LogP contribution in [0, 0.1) is 0 Å². The molecular weight excluding hydrogens is 238 g/mol. The van der Waals surface area contributed by atoms with Crippen LogP contribution >= 0.6 is 11.6 Å². The molecule has 0 spiro atoms. The Morgan fingerprint density at radius 1 is 1.33 bits per heavy atom. The molecule has 0 heterocycles. The predicted molar refractivity (Wildman–Crippen MR) is 58.9 cm³/mol. The van der Waals surface area contributed by atoms with E-state index in [1.54, 1.807) is 0 Å². The number of sulfone groups is 1. The number of anilines is 1. The average molecular weight is 248 g/mol. The van der Waals surface area contributed by atoms with Gasteiger partial charge in [0.2, 0.25) is 5.91 Å². The van der Waals surface area contributed by atoms with Gasteiger partial charge in [0, 0.05) is 11.9 Å². The zero-order valence-electron chi connectivity index (χ0n) is 8.03. The normalized spacial score (nSPS) is 11.1. The van der Waals surface area contributed by atoms with Crippen LogP contribution in [0.3, 0.4) is 0 Å². The van der Waals surface area contributed by atoms with Gasteiger partial charge < -0.3 is 5.32 Å². The number of nitrogens with one attached hydrogen (secondary N) is 1. The summed E-state index contributed by atoms with van der Waals surface area (Å²) in [7, 11) is -3.19. The molecule has 82 valence electrons.